The average Bonchev–Trinajstić information content (AvgIpc) is 3.13. The van der Waals surface area contributed by atoms with E-state index in [-0.39, 0.29) is 37.8 Å². The van der Waals surface area contributed by atoms with Gasteiger partial charge in [-0.05, 0) is 38.5 Å². The van der Waals surface area contributed by atoms with E-state index in [9.17, 15) is 9.59 Å². The average molecular weight is 418 g/mol. The van der Waals surface area contributed by atoms with Gasteiger partial charge in [0, 0.05) is 6.54 Å². The maximum atomic E-state index is 12.2. The molecule has 0 aliphatic rings. The molecular formula is C19H26N6O5. The number of rotatable bonds is 9. The summed E-state index contributed by atoms with van der Waals surface area (Å²) in [5.41, 5.74) is 0.0986. The van der Waals surface area contributed by atoms with E-state index >= 15 is 0 Å². The lowest BCUT2D eigenvalue weighted by Gasteiger charge is -2.19. The third-order valence-corrected chi connectivity index (χ3v) is 3.34. The fraction of sp³-hybridized carbons (Fsp3) is 0.474. The Morgan fingerprint density at radius 3 is 2.60 bits per heavy atom. The summed E-state index contributed by atoms with van der Waals surface area (Å²) in [5.74, 6) is -0.768. The number of esters is 1. The van der Waals surface area contributed by atoms with Gasteiger partial charge in [0.25, 0.3) is 0 Å². The summed E-state index contributed by atoms with van der Waals surface area (Å²) in [4.78, 5) is 30.4. The molecule has 0 bridgehead atoms. The first-order valence-corrected chi connectivity index (χ1v) is 9.44. The lowest BCUT2D eigenvalue weighted by Crippen LogP contribution is -2.34. The van der Waals surface area contributed by atoms with Gasteiger partial charge in [0.1, 0.15) is 12.2 Å². The van der Waals surface area contributed by atoms with Crippen molar-refractivity contribution < 1.29 is 23.9 Å². The zero-order valence-corrected chi connectivity index (χ0v) is 17.5. The molecular weight excluding hydrogens is 392 g/mol. The maximum Gasteiger partial charge on any atom is 0.407 e. The molecule has 0 aliphatic carbocycles. The molecule has 0 fully saturated rings. The van der Waals surface area contributed by atoms with E-state index in [1.807, 2.05) is 30.3 Å². The molecule has 0 saturated carbocycles. The number of hydrogen-bond acceptors (Lipinski definition) is 9. The predicted octanol–water partition coefficient (Wildman–Crippen LogP) is 1.68. The molecule has 1 N–H and O–H groups in total. The molecule has 0 atom stereocenters. The van der Waals surface area contributed by atoms with Crippen molar-refractivity contribution in [2.45, 2.75) is 46.4 Å². The summed E-state index contributed by atoms with van der Waals surface area (Å²) in [6, 6.07) is 9.36. The minimum absolute atomic E-state index is 0.0428. The van der Waals surface area contributed by atoms with Crippen LogP contribution in [0.25, 0.3) is 0 Å². The number of nitrogens with zero attached hydrogens (tertiary/aromatic N) is 5. The van der Waals surface area contributed by atoms with Crippen LogP contribution in [0.5, 0.6) is 0 Å². The van der Waals surface area contributed by atoms with Gasteiger partial charge in [-0.25, -0.2) is 9.59 Å². The standard InChI is InChI=1S/C19H26N6O5/c1-5-28-17(26)15(23-29-13-14-9-7-6-8-10-14)16-21-24-25(22-16)12-11-20-18(27)30-19(2,3)4/h6-10H,5,11-13H2,1-4H3,(H,20,27)/b23-15+. The first kappa shape index (κ1) is 22.8. The third kappa shape index (κ3) is 7.86. The molecule has 1 heterocycles. The minimum Gasteiger partial charge on any atom is -0.461 e. The number of alkyl carbamates (subject to hydrolysis) is 1. The van der Waals surface area contributed by atoms with Crippen molar-refractivity contribution in [3.63, 3.8) is 0 Å². The molecule has 11 nitrogen and oxygen atoms in total. The molecule has 0 spiro atoms. The summed E-state index contributed by atoms with van der Waals surface area (Å²) in [6.07, 6.45) is -0.550. The SMILES string of the molecule is CCOC(=O)/C(=N/OCc1ccccc1)c1nnn(CCNC(=O)OC(C)(C)C)n1. The number of oxime groups is 1. The van der Waals surface area contributed by atoms with Crippen molar-refractivity contribution in [1.29, 1.82) is 0 Å². The maximum absolute atomic E-state index is 12.2. The number of ether oxygens (including phenoxy) is 2. The van der Waals surface area contributed by atoms with Crippen LogP contribution in [0.2, 0.25) is 0 Å². The Morgan fingerprint density at radius 1 is 1.20 bits per heavy atom. The molecule has 162 valence electrons. The van der Waals surface area contributed by atoms with Gasteiger partial charge in [-0.3, -0.25) is 0 Å². The number of amides is 1. The Balaban J connectivity index is 1.98. The van der Waals surface area contributed by atoms with Crippen LogP contribution < -0.4 is 5.32 Å². The molecule has 30 heavy (non-hydrogen) atoms. The highest BCUT2D eigenvalue weighted by Crippen LogP contribution is 2.06. The molecule has 0 aliphatic heterocycles. The number of carbonyl (C=O) groups excluding carboxylic acids is 2. The van der Waals surface area contributed by atoms with Gasteiger partial charge in [0.15, 0.2) is 0 Å². The fourth-order valence-corrected chi connectivity index (χ4v) is 2.12. The highest BCUT2D eigenvalue weighted by molar-refractivity contribution is 6.42. The Labute approximate surface area is 174 Å². The van der Waals surface area contributed by atoms with E-state index < -0.39 is 17.7 Å². The summed E-state index contributed by atoms with van der Waals surface area (Å²) >= 11 is 0. The Bertz CT molecular complexity index is 860. The van der Waals surface area contributed by atoms with Gasteiger partial charge in [-0.1, -0.05) is 35.5 Å². The first-order chi connectivity index (χ1) is 14.3. The largest absolute Gasteiger partial charge is 0.461 e. The Hall–Kier alpha value is -3.50. The van der Waals surface area contributed by atoms with Crippen molar-refractivity contribution in [2.24, 2.45) is 5.16 Å². The Morgan fingerprint density at radius 2 is 1.93 bits per heavy atom. The topological polar surface area (TPSA) is 130 Å². The lowest BCUT2D eigenvalue weighted by atomic mass is 10.2. The van der Waals surface area contributed by atoms with Crippen molar-refractivity contribution in [3.8, 4) is 0 Å². The first-order valence-electron chi connectivity index (χ1n) is 9.44. The van der Waals surface area contributed by atoms with Crippen LogP contribution in [0.3, 0.4) is 0 Å². The van der Waals surface area contributed by atoms with E-state index in [0.29, 0.717) is 0 Å². The highest BCUT2D eigenvalue weighted by atomic mass is 16.6. The van der Waals surface area contributed by atoms with Gasteiger partial charge in [0.2, 0.25) is 11.5 Å². The second-order valence-electron chi connectivity index (χ2n) is 7.06. The van der Waals surface area contributed by atoms with Gasteiger partial charge in [-0.2, -0.15) is 4.80 Å². The van der Waals surface area contributed by atoms with E-state index in [4.69, 9.17) is 14.3 Å². The fourth-order valence-electron chi connectivity index (χ4n) is 2.12. The second kappa shape index (κ2) is 10.9. The van der Waals surface area contributed by atoms with Crippen molar-refractivity contribution in [3.05, 3.63) is 41.7 Å². The number of aromatic nitrogens is 4. The smallest absolute Gasteiger partial charge is 0.407 e. The van der Waals surface area contributed by atoms with Gasteiger partial charge < -0.3 is 19.6 Å². The van der Waals surface area contributed by atoms with Gasteiger partial charge in [0.05, 0.1) is 13.2 Å². The molecule has 11 heteroatoms. The summed E-state index contributed by atoms with van der Waals surface area (Å²) < 4.78 is 10.1. The minimum atomic E-state index is -0.725. The zero-order chi connectivity index (χ0) is 22.0. The van der Waals surface area contributed by atoms with Crippen LogP contribution in [0.4, 0.5) is 4.79 Å². The van der Waals surface area contributed by atoms with Crippen LogP contribution in [0.15, 0.2) is 35.5 Å². The third-order valence-electron chi connectivity index (χ3n) is 3.34. The number of carbonyl (C=O) groups is 2. The van der Waals surface area contributed by atoms with Crippen LogP contribution in [-0.4, -0.2) is 56.7 Å². The molecule has 0 unspecified atom stereocenters. The van der Waals surface area contributed by atoms with Crippen molar-refractivity contribution in [1.82, 2.24) is 25.5 Å². The summed E-state index contributed by atoms with van der Waals surface area (Å²) in [6.45, 7) is 7.74. The monoisotopic (exact) mass is 418 g/mol. The Kier molecular flexibility index (Phi) is 8.27. The second-order valence-corrected chi connectivity index (χ2v) is 7.06. The molecule has 2 rings (SSSR count). The molecule has 1 aromatic carbocycles. The molecule has 0 saturated heterocycles. The van der Waals surface area contributed by atoms with Gasteiger partial charge in [-0.15, -0.1) is 10.2 Å². The molecule has 2 aromatic rings. The summed E-state index contributed by atoms with van der Waals surface area (Å²) in [5, 5.41) is 18.2. The van der Waals surface area contributed by atoms with Crippen LogP contribution in [-0.2, 0) is 32.3 Å². The van der Waals surface area contributed by atoms with Crippen LogP contribution in [0.1, 0.15) is 39.1 Å². The number of hydrogen-bond donors (Lipinski definition) is 1. The molecule has 0 radical (unpaired) electrons. The van der Waals surface area contributed by atoms with Gasteiger partial charge >= 0.3 is 12.1 Å². The number of nitrogens with one attached hydrogen (secondary N) is 1. The zero-order valence-electron chi connectivity index (χ0n) is 17.5. The number of tetrazole rings is 1. The van der Waals surface area contributed by atoms with E-state index in [1.54, 1.807) is 27.7 Å². The number of benzene rings is 1. The molecule has 1 aromatic heterocycles. The predicted molar refractivity (Wildman–Crippen MR) is 106 cm³/mol. The quantitative estimate of drug-likeness (QED) is 0.370. The van der Waals surface area contributed by atoms with E-state index in [0.717, 1.165) is 5.56 Å². The van der Waals surface area contributed by atoms with E-state index in [2.05, 4.69) is 25.9 Å². The van der Waals surface area contributed by atoms with Crippen LogP contribution >= 0.6 is 0 Å². The van der Waals surface area contributed by atoms with Crippen molar-refractivity contribution in [2.75, 3.05) is 13.2 Å². The normalized spacial score (nSPS) is 11.7. The van der Waals surface area contributed by atoms with Crippen LogP contribution in [0, 0.1) is 0 Å². The summed E-state index contributed by atoms with van der Waals surface area (Å²) in [7, 11) is 0. The van der Waals surface area contributed by atoms with Crippen molar-refractivity contribution >= 4 is 17.8 Å². The highest BCUT2D eigenvalue weighted by Gasteiger charge is 2.22. The molecule has 1 amide bonds. The lowest BCUT2D eigenvalue weighted by molar-refractivity contribution is -0.135. The van der Waals surface area contributed by atoms with E-state index in [1.165, 1.54) is 4.80 Å².